The minimum absolute atomic E-state index is 0.0718. The van der Waals surface area contributed by atoms with Crippen molar-refractivity contribution in [3.05, 3.63) is 58.7 Å². The van der Waals surface area contributed by atoms with Crippen LogP contribution in [0, 0.1) is 30.6 Å². The van der Waals surface area contributed by atoms with Crippen LogP contribution in [0.4, 0.5) is 0 Å². The third-order valence-electron chi connectivity index (χ3n) is 4.25. The van der Waals surface area contributed by atoms with Crippen molar-refractivity contribution in [3.8, 4) is 35.2 Å². The maximum atomic E-state index is 11.0. The molecule has 0 radical (unpaired) electrons. The first-order valence-electron chi connectivity index (χ1n) is 10.3. The Hall–Kier alpha value is -2.70. The molecular weight excluding hydrogens is 480 g/mol. The molecule has 34 heavy (non-hydrogen) atoms. The fraction of sp³-hybridized carbons (Fsp3) is 0.333. The molecule has 0 saturated carbocycles. The molecule has 2 aromatic carbocycles. The molecule has 2 N–H and O–H groups in total. The number of aryl methyl sites for hydroxylation is 1. The van der Waals surface area contributed by atoms with Crippen LogP contribution >= 0.6 is 12.0 Å². The van der Waals surface area contributed by atoms with Crippen molar-refractivity contribution in [1.29, 1.82) is 0 Å². The van der Waals surface area contributed by atoms with Crippen molar-refractivity contribution in [2.45, 2.75) is 26.7 Å². The number of ether oxygens (including phenoxy) is 2. The summed E-state index contributed by atoms with van der Waals surface area (Å²) in [6.07, 6.45) is 0.735. The van der Waals surface area contributed by atoms with E-state index in [4.69, 9.17) is 19.3 Å². The average Bonchev–Trinajstić information content (AvgIpc) is 2.79. The van der Waals surface area contributed by atoms with E-state index in [1.807, 2.05) is 31.2 Å². The molecule has 0 saturated heterocycles. The summed E-state index contributed by atoms with van der Waals surface area (Å²) in [7, 11) is -4.06. The zero-order valence-corrected chi connectivity index (χ0v) is 20.5. The Morgan fingerprint density at radius 3 is 2.15 bits per heavy atom. The van der Waals surface area contributed by atoms with Crippen molar-refractivity contribution < 1.29 is 37.1 Å². The standard InChI is InChI=1S/C24H26O8S2/c1-3-6-21-17-24(30-14-5-16-34(26,27)28)22(12-11-20-9-7-19(2)8-10-20)18-23(21)29-13-4-15-33-32-31-25/h7-10,17-18,25H,4-5,13-16H2,1-2H3,(H,26,27,28). The van der Waals surface area contributed by atoms with E-state index in [0.29, 0.717) is 41.4 Å². The second kappa shape index (κ2) is 14.5. The highest BCUT2D eigenvalue weighted by molar-refractivity contribution is 7.94. The van der Waals surface area contributed by atoms with E-state index >= 15 is 0 Å². The molecule has 0 aliphatic heterocycles. The lowest BCUT2D eigenvalue weighted by Gasteiger charge is -2.13. The Morgan fingerprint density at radius 2 is 1.56 bits per heavy atom. The Balaban J connectivity index is 2.28. The molecule has 182 valence electrons. The van der Waals surface area contributed by atoms with Crippen LogP contribution in [-0.2, 0) is 19.5 Å². The molecule has 2 aromatic rings. The molecule has 0 bridgehead atoms. The molecule has 0 amide bonds. The van der Waals surface area contributed by atoms with Gasteiger partial charge in [-0.05, 0) is 38.8 Å². The van der Waals surface area contributed by atoms with Gasteiger partial charge in [0.2, 0.25) is 0 Å². The highest BCUT2D eigenvalue weighted by Gasteiger charge is 2.12. The molecule has 0 atom stereocenters. The SMILES string of the molecule is CC#Cc1cc(OCCCS(=O)(=O)O)c(C#Cc2ccc(C)cc2)cc1OCCCSOOO. The fourth-order valence-corrected chi connectivity index (χ4v) is 3.51. The van der Waals surface area contributed by atoms with Crippen molar-refractivity contribution in [3.63, 3.8) is 0 Å². The predicted octanol–water partition coefficient (Wildman–Crippen LogP) is 4.26. The summed E-state index contributed by atoms with van der Waals surface area (Å²) >= 11 is 0.945. The van der Waals surface area contributed by atoms with E-state index in [0.717, 1.165) is 23.2 Å². The predicted molar refractivity (Wildman–Crippen MR) is 130 cm³/mol. The largest absolute Gasteiger partial charge is 0.492 e. The molecule has 0 heterocycles. The van der Waals surface area contributed by atoms with Crippen LogP contribution in [0.25, 0.3) is 0 Å². The van der Waals surface area contributed by atoms with E-state index in [9.17, 15) is 8.42 Å². The molecule has 0 unspecified atom stereocenters. The van der Waals surface area contributed by atoms with Crippen LogP contribution in [0.1, 0.15) is 42.0 Å². The van der Waals surface area contributed by atoms with Crippen LogP contribution in [0.5, 0.6) is 11.5 Å². The first-order chi connectivity index (χ1) is 16.3. The van der Waals surface area contributed by atoms with Gasteiger partial charge < -0.3 is 9.47 Å². The van der Waals surface area contributed by atoms with Gasteiger partial charge in [-0.3, -0.25) is 4.55 Å². The molecule has 0 aromatic heterocycles. The number of hydrogen-bond acceptors (Lipinski definition) is 8. The third-order valence-corrected chi connectivity index (χ3v) is 5.66. The van der Waals surface area contributed by atoms with Gasteiger partial charge in [-0.25, -0.2) is 5.26 Å². The van der Waals surface area contributed by atoms with Gasteiger partial charge in [0, 0.05) is 35.5 Å². The normalized spacial score (nSPS) is 10.6. The Labute approximate surface area is 204 Å². The summed E-state index contributed by atoms with van der Waals surface area (Å²) in [6, 6.07) is 11.2. The average molecular weight is 507 g/mol. The Kier molecular flexibility index (Phi) is 11.8. The molecule has 2 rings (SSSR count). The lowest BCUT2D eigenvalue weighted by Crippen LogP contribution is -2.09. The lowest BCUT2D eigenvalue weighted by atomic mass is 10.1. The summed E-state index contributed by atoms with van der Waals surface area (Å²) in [6.45, 7) is 4.13. The topological polar surface area (TPSA) is 112 Å². The number of rotatable bonds is 12. The molecule has 0 aliphatic rings. The van der Waals surface area contributed by atoms with Gasteiger partial charge in [0.05, 0.1) is 30.1 Å². The maximum Gasteiger partial charge on any atom is 0.264 e. The monoisotopic (exact) mass is 506 g/mol. The summed E-state index contributed by atoms with van der Waals surface area (Å²) < 4.78 is 46.9. The van der Waals surface area contributed by atoms with E-state index in [2.05, 4.69) is 33.1 Å². The Bertz CT molecular complexity index is 1150. The zero-order valence-electron chi connectivity index (χ0n) is 18.9. The van der Waals surface area contributed by atoms with Crippen molar-refractivity contribution in [2.24, 2.45) is 0 Å². The van der Waals surface area contributed by atoms with Crippen molar-refractivity contribution in [2.75, 3.05) is 24.7 Å². The van der Waals surface area contributed by atoms with Crippen LogP contribution in [-0.4, -0.2) is 42.9 Å². The second-order valence-electron chi connectivity index (χ2n) is 6.99. The molecule has 0 fully saturated rings. The van der Waals surface area contributed by atoms with Gasteiger partial charge in [0.1, 0.15) is 11.5 Å². The van der Waals surface area contributed by atoms with Gasteiger partial charge in [-0.1, -0.05) is 40.5 Å². The summed E-state index contributed by atoms with van der Waals surface area (Å²) in [5.74, 6) is 13.1. The number of hydrogen-bond donors (Lipinski definition) is 2. The quantitative estimate of drug-likeness (QED) is 0.109. The molecular formula is C24H26O8S2. The Morgan fingerprint density at radius 1 is 0.941 bits per heavy atom. The molecule has 0 aliphatic carbocycles. The highest BCUT2D eigenvalue weighted by atomic mass is 32.2. The van der Waals surface area contributed by atoms with Gasteiger partial charge in [-0.2, -0.15) is 8.42 Å². The van der Waals surface area contributed by atoms with Crippen molar-refractivity contribution in [1.82, 2.24) is 0 Å². The second-order valence-corrected chi connectivity index (χ2v) is 9.34. The van der Waals surface area contributed by atoms with Crippen LogP contribution < -0.4 is 9.47 Å². The molecule has 8 nitrogen and oxygen atoms in total. The first kappa shape index (κ1) is 27.5. The maximum absolute atomic E-state index is 11.0. The smallest absolute Gasteiger partial charge is 0.264 e. The van der Waals surface area contributed by atoms with E-state index < -0.39 is 15.9 Å². The van der Waals surface area contributed by atoms with E-state index in [1.165, 1.54) is 0 Å². The molecule has 0 spiro atoms. The zero-order chi connectivity index (χ0) is 24.8. The minimum Gasteiger partial charge on any atom is -0.492 e. The van der Waals surface area contributed by atoms with Crippen LogP contribution in [0.15, 0.2) is 36.4 Å². The summed E-state index contributed by atoms with van der Waals surface area (Å²) in [5, 5.41) is 11.7. The van der Waals surface area contributed by atoms with Gasteiger partial charge in [0.15, 0.2) is 0 Å². The number of benzene rings is 2. The third kappa shape index (κ3) is 10.5. The van der Waals surface area contributed by atoms with Crippen LogP contribution in [0.2, 0.25) is 0 Å². The minimum atomic E-state index is -4.06. The van der Waals surface area contributed by atoms with E-state index in [1.54, 1.807) is 19.1 Å². The summed E-state index contributed by atoms with van der Waals surface area (Å²) in [5.41, 5.74) is 3.10. The molecule has 10 heteroatoms. The highest BCUT2D eigenvalue weighted by Crippen LogP contribution is 2.29. The lowest BCUT2D eigenvalue weighted by molar-refractivity contribution is -0.432. The summed E-state index contributed by atoms with van der Waals surface area (Å²) in [4.78, 5) is 0. The first-order valence-corrected chi connectivity index (χ1v) is 12.8. The van der Waals surface area contributed by atoms with Gasteiger partial charge >= 0.3 is 0 Å². The van der Waals surface area contributed by atoms with E-state index in [-0.39, 0.29) is 13.0 Å². The van der Waals surface area contributed by atoms with Crippen LogP contribution in [0.3, 0.4) is 0 Å². The fourth-order valence-electron chi connectivity index (χ4n) is 2.68. The van der Waals surface area contributed by atoms with Gasteiger partial charge in [0.25, 0.3) is 10.1 Å². The van der Waals surface area contributed by atoms with Gasteiger partial charge in [-0.15, -0.1) is 10.3 Å². The van der Waals surface area contributed by atoms with Crippen molar-refractivity contribution >= 4 is 22.2 Å².